The number of piperidine rings is 1. The van der Waals surface area contributed by atoms with Crippen LogP contribution in [0.2, 0.25) is 0 Å². The minimum atomic E-state index is -0.630. The number of carbonyl (C=O) groups is 2. The first-order valence-electron chi connectivity index (χ1n) is 15.1. The molecule has 2 unspecified atom stereocenters. The van der Waals surface area contributed by atoms with Crippen LogP contribution in [0.15, 0.2) is 97.1 Å². The Balaban J connectivity index is 1.08. The van der Waals surface area contributed by atoms with Crippen molar-refractivity contribution in [3.63, 3.8) is 0 Å². The number of nitrogens with one attached hydrogen (secondary N) is 2. The fourth-order valence-electron chi connectivity index (χ4n) is 6.71. The van der Waals surface area contributed by atoms with Gasteiger partial charge in [-0.05, 0) is 49.2 Å². The third-order valence-corrected chi connectivity index (χ3v) is 8.99. The average Bonchev–Trinajstić information content (AvgIpc) is 3.05. The quantitative estimate of drug-likeness (QED) is 0.276. The molecule has 4 aromatic rings. The Labute approximate surface area is 255 Å². The number of anilines is 2. The number of amides is 2. The van der Waals surface area contributed by atoms with Gasteiger partial charge in [-0.2, -0.15) is 0 Å². The van der Waals surface area contributed by atoms with Crippen molar-refractivity contribution in [2.24, 2.45) is 0 Å². The second kappa shape index (κ2) is 11.7. The van der Waals surface area contributed by atoms with E-state index >= 15 is 4.39 Å². The zero-order valence-electron chi connectivity index (χ0n) is 24.1. The highest BCUT2D eigenvalue weighted by molar-refractivity contribution is 6.02. The van der Waals surface area contributed by atoms with Crippen LogP contribution in [0.25, 0.3) is 0 Å². The monoisotopic (exact) mass is 593 g/mol. The molecule has 44 heavy (non-hydrogen) atoms. The molecule has 1 saturated heterocycles. The fraction of sp³-hybridized carbons (Fsp3) is 0.257. The van der Waals surface area contributed by atoms with Crippen molar-refractivity contribution in [2.75, 3.05) is 36.8 Å². The topological polar surface area (TPSA) is 67.9 Å². The molecule has 2 amide bonds. The highest BCUT2D eigenvalue weighted by Gasteiger charge is 2.40. The summed E-state index contributed by atoms with van der Waals surface area (Å²) in [5.41, 5.74) is 3.39. The molecule has 1 fully saturated rings. The summed E-state index contributed by atoms with van der Waals surface area (Å²) in [5.74, 6) is -0.972. The lowest BCUT2D eigenvalue weighted by molar-refractivity contribution is 0.0418. The van der Waals surface area contributed by atoms with E-state index < -0.39 is 12.3 Å². The fourth-order valence-corrected chi connectivity index (χ4v) is 6.71. The number of carbonyl (C=O) groups excluding carboxylic acids is 2. The van der Waals surface area contributed by atoms with Crippen molar-refractivity contribution < 1.29 is 18.4 Å². The van der Waals surface area contributed by atoms with Crippen molar-refractivity contribution in [1.82, 2.24) is 14.7 Å². The Morgan fingerprint density at radius 3 is 1.73 bits per heavy atom. The molecule has 3 aliphatic rings. The van der Waals surface area contributed by atoms with Crippen LogP contribution in [0, 0.1) is 11.6 Å². The van der Waals surface area contributed by atoms with Gasteiger partial charge in [0.15, 0.2) is 0 Å². The molecule has 0 aliphatic carbocycles. The molecule has 0 bridgehead atoms. The summed E-state index contributed by atoms with van der Waals surface area (Å²) >= 11 is 0. The van der Waals surface area contributed by atoms with Crippen LogP contribution >= 0.6 is 0 Å². The molecule has 0 radical (unpaired) electrons. The molecule has 3 aliphatic heterocycles. The number of benzene rings is 4. The van der Waals surface area contributed by atoms with Gasteiger partial charge in [0.1, 0.15) is 24.0 Å². The minimum absolute atomic E-state index is 0.0967. The smallest absolute Gasteiger partial charge is 0.258 e. The molecular formula is C35H33F2N5O2. The number of hydrogen-bond acceptors (Lipinski definition) is 5. The van der Waals surface area contributed by atoms with E-state index in [-0.39, 0.29) is 29.5 Å². The van der Waals surface area contributed by atoms with Crippen molar-refractivity contribution in [3.05, 3.63) is 131 Å². The van der Waals surface area contributed by atoms with Crippen LogP contribution in [0.1, 0.15) is 57.0 Å². The normalized spacial score (nSPS) is 20.5. The molecule has 224 valence electrons. The Bertz CT molecular complexity index is 1710. The van der Waals surface area contributed by atoms with Gasteiger partial charge in [0.2, 0.25) is 0 Å². The maximum absolute atomic E-state index is 15.0. The van der Waals surface area contributed by atoms with Crippen LogP contribution in [-0.4, -0.2) is 58.7 Å². The van der Waals surface area contributed by atoms with Crippen LogP contribution < -0.4 is 10.6 Å². The second-order valence-corrected chi connectivity index (χ2v) is 11.5. The Morgan fingerprint density at radius 2 is 1.11 bits per heavy atom. The molecule has 4 aromatic carbocycles. The first-order chi connectivity index (χ1) is 21.5. The van der Waals surface area contributed by atoms with E-state index in [1.54, 1.807) is 58.3 Å². The average molecular weight is 594 g/mol. The third kappa shape index (κ3) is 5.07. The zero-order valence-corrected chi connectivity index (χ0v) is 24.1. The van der Waals surface area contributed by atoms with Crippen molar-refractivity contribution in [1.29, 1.82) is 0 Å². The summed E-state index contributed by atoms with van der Waals surface area (Å²) in [6.07, 6.45) is 0.155. The number of para-hydroxylation sites is 2. The molecule has 2 atom stereocenters. The Kier molecular flexibility index (Phi) is 7.47. The summed E-state index contributed by atoms with van der Waals surface area (Å²) < 4.78 is 29.9. The van der Waals surface area contributed by atoms with E-state index in [4.69, 9.17) is 0 Å². The van der Waals surface area contributed by atoms with Gasteiger partial charge >= 0.3 is 0 Å². The lowest BCUT2D eigenvalue weighted by Crippen LogP contribution is -2.53. The van der Waals surface area contributed by atoms with Gasteiger partial charge in [0.05, 0.1) is 11.1 Å². The molecule has 0 spiro atoms. The molecule has 0 aromatic heterocycles. The largest absolute Gasteiger partial charge is 0.361 e. The highest BCUT2D eigenvalue weighted by atomic mass is 19.1. The van der Waals surface area contributed by atoms with Crippen LogP contribution in [0.3, 0.4) is 0 Å². The van der Waals surface area contributed by atoms with E-state index in [2.05, 4.69) is 15.5 Å². The standard InChI is InChI=1S/C35H33F2N5O2/c36-28-13-5-1-9-24(28)32-38-30-15-7-3-11-26(30)34(43)41(32)22-21-40-19-17-23(18-20-40)42-33(25-10-2-6-14-29(25)37)39-31-16-8-4-12-27(31)35(42)44/h1-16,23,32-33,38-39H,17-22H2. The van der Waals surface area contributed by atoms with Gasteiger partial charge in [0.25, 0.3) is 11.8 Å². The molecule has 7 nitrogen and oxygen atoms in total. The molecule has 7 rings (SSSR count). The summed E-state index contributed by atoms with van der Waals surface area (Å²) in [4.78, 5) is 33.3. The van der Waals surface area contributed by atoms with E-state index in [0.29, 0.717) is 72.6 Å². The van der Waals surface area contributed by atoms with Gasteiger partial charge < -0.3 is 25.3 Å². The summed E-state index contributed by atoms with van der Waals surface area (Å²) in [5, 5.41) is 6.79. The predicted molar refractivity (Wildman–Crippen MR) is 165 cm³/mol. The predicted octanol–water partition coefficient (Wildman–Crippen LogP) is 6.26. The van der Waals surface area contributed by atoms with E-state index in [0.717, 1.165) is 0 Å². The SMILES string of the molecule is O=C1c2ccccc2NC(c2ccccc2F)N1CCN1CCC(N2C(=O)c3ccccc3NC2c2ccccc2F)CC1. The van der Waals surface area contributed by atoms with Crippen LogP contribution in [0.5, 0.6) is 0 Å². The van der Waals surface area contributed by atoms with E-state index in [1.165, 1.54) is 12.1 Å². The maximum atomic E-state index is 15.0. The van der Waals surface area contributed by atoms with Gasteiger partial charge in [-0.1, -0.05) is 60.7 Å². The number of rotatable bonds is 6. The van der Waals surface area contributed by atoms with E-state index in [1.807, 2.05) is 36.4 Å². The molecule has 3 heterocycles. The van der Waals surface area contributed by atoms with Gasteiger partial charge in [-0.3, -0.25) is 9.59 Å². The Hall–Kier alpha value is -4.76. The lowest BCUT2D eigenvalue weighted by Gasteiger charge is -2.46. The van der Waals surface area contributed by atoms with Crippen molar-refractivity contribution >= 4 is 23.2 Å². The minimum Gasteiger partial charge on any atom is -0.361 e. The van der Waals surface area contributed by atoms with Gasteiger partial charge in [0, 0.05) is 54.7 Å². The van der Waals surface area contributed by atoms with E-state index in [9.17, 15) is 14.0 Å². The lowest BCUT2D eigenvalue weighted by atomic mass is 9.96. The summed E-state index contributed by atoms with van der Waals surface area (Å²) in [6.45, 7) is 2.41. The highest BCUT2D eigenvalue weighted by Crippen LogP contribution is 2.38. The molecular weight excluding hydrogens is 560 g/mol. The van der Waals surface area contributed by atoms with Gasteiger partial charge in [-0.25, -0.2) is 8.78 Å². The van der Waals surface area contributed by atoms with Gasteiger partial charge in [-0.15, -0.1) is 0 Å². The number of hydrogen-bond donors (Lipinski definition) is 2. The van der Waals surface area contributed by atoms with Crippen LogP contribution in [-0.2, 0) is 0 Å². The molecule has 9 heteroatoms. The second-order valence-electron chi connectivity index (χ2n) is 11.5. The third-order valence-electron chi connectivity index (χ3n) is 8.99. The Morgan fingerprint density at radius 1 is 0.614 bits per heavy atom. The first-order valence-corrected chi connectivity index (χ1v) is 15.1. The summed E-state index contributed by atoms with van der Waals surface area (Å²) in [6, 6.07) is 27.7. The van der Waals surface area contributed by atoms with Crippen molar-refractivity contribution in [3.8, 4) is 0 Å². The number of likely N-dealkylation sites (tertiary alicyclic amines) is 1. The number of nitrogens with zero attached hydrogens (tertiary/aromatic N) is 3. The van der Waals surface area contributed by atoms with Crippen LogP contribution in [0.4, 0.5) is 20.2 Å². The number of halogens is 2. The first kappa shape index (κ1) is 28.0. The zero-order chi connectivity index (χ0) is 30.2. The molecule has 0 saturated carbocycles. The van der Waals surface area contributed by atoms with Crippen molar-refractivity contribution in [2.45, 2.75) is 31.2 Å². The number of fused-ring (bicyclic) bond motifs is 2. The molecule has 2 N–H and O–H groups in total. The summed E-state index contributed by atoms with van der Waals surface area (Å²) in [7, 11) is 0. The maximum Gasteiger partial charge on any atom is 0.258 e.